The van der Waals surface area contributed by atoms with Crippen LogP contribution in [-0.4, -0.2) is 34.6 Å². The molecular formula is C17H16ClNO6S. The predicted molar refractivity (Wildman–Crippen MR) is 96.1 cm³/mol. The molecule has 2 aromatic rings. The molecule has 0 saturated heterocycles. The Kier molecular flexibility index (Phi) is 5.89. The van der Waals surface area contributed by atoms with Crippen LogP contribution in [0, 0.1) is 6.92 Å². The van der Waals surface area contributed by atoms with E-state index >= 15 is 0 Å². The summed E-state index contributed by atoms with van der Waals surface area (Å²) in [6, 6.07) is 8.15. The number of hydrogen-bond donors (Lipinski definition) is 1. The van der Waals surface area contributed by atoms with E-state index in [1.807, 2.05) is 0 Å². The summed E-state index contributed by atoms with van der Waals surface area (Å²) >= 11 is 5.87. The number of anilines is 1. The lowest BCUT2D eigenvalue weighted by molar-refractivity contribution is 0.0583. The van der Waals surface area contributed by atoms with Gasteiger partial charge in [0.2, 0.25) is 0 Å². The lowest BCUT2D eigenvalue weighted by atomic mass is 10.1. The van der Waals surface area contributed by atoms with E-state index in [1.165, 1.54) is 31.4 Å². The van der Waals surface area contributed by atoms with Gasteiger partial charge < -0.3 is 9.47 Å². The van der Waals surface area contributed by atoms with Crippen LogP contribution in [0.3, 0.4) is 0 Å². The maximum atomic E-state index is 12.8. The minimum absolute atomic E-state index is 0.0200. The lowest BCUT2D eigenvalue weighted by Gasteiger charge is -2.14. The van der Waals surface area contributed by atoms with E-state index in [9.17, 15) is 18.0 Å². The highest BCUT2D eigenvalue weighted by Gasteiger charge is 2.25. The molecular weight excluding hydrogens is 382 g/mol. The minimum Gasteiger partial charge on any atom is -0.465 e. The highest BCUT2D eigenvalue weighted by Crippen LogP contribution is 2.25. The van der Waals surface area contributed by atoms with Gasteiger partial charge in [0.05, 0.1) is 31.0 Å². The standard InChI is InChI=1S/C17H16ClNO6S/c1-10-8-12(18)5-7-14(10)19-26(22,23)15-9-11(16(20)24-2)4-6-13(15)17(21)25-3/h4-9,19H,1-3H3. The SMILES string of the molecule is COC(=O)c1ccc(C(=O)OC)c(S(=O)(=O)Nc2ccc(Cl)cc2C)c1. The Morgan fingerprint density at radius 1 is 1.00 bits per heavy atom. The van der Waals surface area contributed by atoms with Crippen LogP contribution in [0.2, 0.25) is 5.02 Å². The van der Waals surface area contributed by atoms with Crippen LogP contribution in [0.1, 0.15) is 26.3 Å². The summed E-state index contributed by atoms with van der Waals surface area (Å²) < 4.78 is 37.3. The molecule has 0 aliphatic heterocycles. The molecule has 9 heteroatoms. The van der Waals surface area contributed by atoms with Gasteiger partial charge in [0, 0.05) is 5.02 Å². The van der Waals surface area contributed by atoms with E-state index < -0.39 is 26.9 Å². The predicted octanol–water partition coefficient (Wildman–Crippen LogP) is 3.02. The van der Waals surface area contributed by atoms with Gasteiger partial charge in [-0.25, -0.2) is 18.0 Å². The smallest absolute Gasteiger partial charge is 0.339 e. The van der Waals surface area contributed by atoms with Gasteiger partial charge in [-0.3, -0.25) is 4.72 Å². The van der Waals surface area contributed by atoms with Crippen molar-refractivity contribution in [1.29, 1.82) is 0 Å². The number of sulfonamides is 1. The van der Waals surface area contributed by atoms with Gasteiger partial charge >= 0.3 is 11.9 Å². The molecule has 138 valence electrons. The third-order valence-corrected chi connectivity index (χ3v) is 5.17. The van der Waals surface area contributed by atoms with Crippen LogP contribution in [-0.2, 0) is 19.5 Å². The first kappa shape index (κ1) is 19.7. The third-order valence-electron chi connectivity index (χ3n) is 3.53. The fraction of sp³-hybridized carbons (Fsp3) is 0.176. The van der Waals surface area contributed by atoms with Gasteiger partial charge in [0.1, 0.15) is 4.90 Å². The quantitative estimate of drug-likeness (QED) is 0.778. The number of halogens is 1. The number of esters is 2. The van der Waals surface area contributed by atoms with Gasteiger partial charge in [-0.15, -0.1) is 0 Å². The minimum atomic E-state index is -4.20. The molecule has 0 bridgehead atoms. The topological polar surface area (TPSA) is 98.8 Å². The molecule has 0 heterocycles. The maximum absolute atomic E-state index is 12.8. The summed E-state index contributed by atoms with van der Waals surface area (Å²) in [6.45, 7) is 1.68. The highest BCUT2D eigenvalue weighted by molar-refractivity contribution is 7.92. The maximum Gasteiger partial charge on any atom is 0.339 e. The van der Waals surface area contributed by atoms with Crippen molar-refractivity contribution in [1.82, 2.24) is 0 Å². The molecule has 0 saturated carbocycles. The highest BCUT2D eigenvalue weighted by atomic mass is 35.5. The Morgan fingerprint density at radius 2 is 1.65 bits per heavy atom. The van der Waals surface area contributed by atoms with Crippen LogP contribution < -0.4 is 4.72 Å². The second-order valence-corrected chi connectivity index (χ2v) is 7.35. The largest absolute Gasteiger partial charge is 0.465 e. The van der Waals surface area contributed by atoms with Gasteiger partial charge in [0.15, 0.2) is 0 Å². The number of rotatable bonds is 5. The molecule has 26 heavy (non-hydrogen) atoms. The normalized spacial score (nSPS) is 10.9. The Morgan fingerprint density at radius 3 is 2.23 bits per heavy atom. The van der Waals surface area contributed by atoms with Gasteiger partial charge in [-0.1, -0.05) is 11.6 Å². The van der Waals surface area contributed by atoms with Crippen molar-refractivity contribution in [3.63, 3.8) is 0 Å². The Hall–Kier alpha value is -2.58. The van der Waals surface area contributed by atoms with Crippen LogP contribution in [0.25, 0.3) is 0 Å². The van der Waals surface area contributed by atoms with E-state index in [0.29, 0.717) is 10.6 Å². The summed E-state index contributed by atoms with van der Waals surface area (Å²) in [5.74, 6) is -1.59. The number of aryl methyl sites for hydroxylation is 1. The van der Waals surface area contributed by atoms with Crippen molar-refractivity contribution < 1.29 is 27.5 Å². The Bertz CT molecular complexity index is 971. The summed E-state index contributed by atoms with van der Waals surface area (Å²) in [6.07, 6.45) is 0. The molecule has 2 rings (SSSR count). The Balaban J connectivity index is 2.58. The van der Waals surface area contributed by atoms with E-state index in [1.54, 1.807) is 13.0 Å². The van der Waals surface area contributed by atoms with Crippen molar-refractivity contribution >= 4 is 39.3 Å². The summed E-state index contributed by atoms with van der Waals surface area (Å²) in [5.41, 5.74) is 0.645. The average Bonchev–Trinajstić information content (AvgIpc) is 2.62. The van der Waals surface area contributed by atoms with Crippen molar-refractivity contribution in [2.24, 2.45) is 0 Å². The molecule has 0 radical (unpaired) electrons. The monoisotopic (exact) mass is 397 g/mol. The first-order valence-corrected chi connectivity index (χ1v) is 9.15. The number of carbonyl (C=O) groups is 2. The summed E-state index contributed by atoms with van der Waals surface area (Å²) in [7, 11) is -1.90. The molecule has 0 aliphatic carbocycles. The van der Waals surface area contributed by atoms with Gasteiger partial charge in [-0.2, -0.15) is 0 Å². The second-order valence-electron chi connectivity index (χ2n) is 5.26. The molecule has 0 aliphatic rings. The molecule has 1 N–H and O–H groups in total. The van der Waals surface area contributed by atoms with Crippen molar-refractivity contribution in [3.8, 4) is 0 Å². The molecule has 2 aromatic carbocycles. The molecule has 0 unspecified atom stereocenters. The number of hydrogen-bond acceptors (Lipinski definition) is 6. The average molecular weight is 398 g/mol. The zero-order valence-electron chi connectivity index (χ0n) is 14.2. The molecule has 7 nitrogen and oxygen atoms in total. The second kappa shape index (κ2) is 7.76. The van der Waals surface area contributed by atoms with Crippen LogP contribution in [0.15, 0.2) is 41.3 Å². The van der Waals surface area contributed by atoms with Crippen molar-refractivity contribution in [2.45, 2.75) is 11.8 Å². The number of carbonyl (C=O) groups excluding carboxylic acids is 2. The molecule has 0 spiro atoms. The summed E-state index contributed by atoms with van der Waals surface area (Å²) in [4.78, 5) is 23.3. The van der Waals surface area contributed by atoms with E-state index in [0.717, 1.165) is 13.2 Å². The fourth-order valence-corrected chi connectivity index (χ4v) is 3.79. The van der Waals surface area contributed by atoms with Gasteiger partial charge in [0.25, 0.3) is 10.0 Å². The summed E-state index contributed by atoms with van der Waals surface area (Å²) in [5, 5.41) is 0.452. The lowest BCUT2D eigenvalue weighted by Crippen LogP contribution is -2.19. The molecule has 0 fully saturated rings. The first-order valence-electron chi connectivity index (χ1n) is 7.29. The molecule has 0 atom stereocenters. The number of ether oxygens (including phenoxy) is 2. The van der Waals surface area contributed by atoms with Crippen LogP contribution in [0.4, 0.5) is 5.69 Å². The van der Waals surface area contributed by atoms with Crippen molar-refractivity contribution in [3.05, 3.63) is 58.1 Å². The van der Waals surface area contributed by atoms with Crippen molar-refractivity contribution in [2.75, 3.05) is 18.9 Å². The zero-order chi connectivity index (χ0) is 19.5. The van der Waals surface area contributed by atoms with Crippen LogP contribution in [0.5, 0.6) is 0 Å². The number of methoxy groups -OCH3 is 2. The fourth-order valence-electron chi connectivity index (χ4n) is 2.21. The van der Waals surface area contributed by atoms with Gasteiger partial charge in [-0.05, 0) is 48.9 Å². The molecule has 0 aromatic heterocycles. The Labute approximate surface area is 155 Å². The third kappa shape index (κ3) is 4.14. The van der Waals surface area contributed by atoms with E-state index in [-0.39, 0.29) is 16.8 Å². The van der Waals surface area contributed by atoms with E-state index in [4.69, 9.17) is 11.6 Å². The zero-order valence-corrected chi connectivity index (χ0v) is 15.8. The molecule has 0 amide bonds. The van der Waals surface area contributed by atoms with E-state index in [2.05, 4.69) is 14.2 Å². The number of benzene rings is 2. The first-order chi connectivity index (χ1) is 12.2. The van der Waals surface area contributed by atoms with Crippen LogP contribution >= 0.6 is 11.6 Å². The number of nitrogens with one attached hydrogen (secondary N) is 1.